The summed E-state index contributed by atoms with van der Waals surface area (Å²) in [5.41, 5.74) is 1.01. The highest BCUT2D eigenvalue weighted by molar-refractivity contribution is 5.76. The van der Waals surface area contributed by atoms with Gasteiger partial charge in [0, 0.05) is 31.7 Å². The van der Waals surface area contributed by atoms with E-state index >= 15 is 0 Å². The number of amides is 1. The first-order valence-electron chi connectivity index (χ1n) is 9.95. The zero-order valence-electron chi connectivity index (χ0n) is 16.5. The summed E-state index contributed by atoms with van der Waals surface area (Å²) in [6.07, 6.45) is 3.33. The molecule has 5 heteroatoms. The van der Waals surface area contributed by atoms with Gasteiger partial charge in [0.05, 0.1) is 19.8 Å². The summed E-state index contributed by atoms with van der Waals surface area (Å²) < 4.78 is 16.9. The number of carbonyl (C=O) groups excluding carboxylic acids is 1. The molecule has 1 aliphatic rings. The maximum atomic E-state index is 12.9. The Balaban J connectivity index is 1.56. The van der Waals surface area contributed by atoms with E-state index in [9.17, 15) is 4.79 Å². The van der Waals surface area contributed by atoms with Gasteiger partial charge in [-0.2, -0.15) is 0 Å². The van der Waals surface area contributed by atoms with Crippen molar-refractivity contribution in [3.05, 3.63) is 60.2 Å². The molecule has 1 amide bonds. The number of rotatable bonds is 10. The molecule has 1 atom stereocenters. The SMILES string of the molecule is COc1ccccc1CN(CC1CCCO1)C(=O)CCCOc1ccccc1. The second-order valence-corrected chi connectivity index (χ2v) is 6.99. The lowest BCUT2D eigenvalue weighted by atomic mass is 10.1. The van der Waals surface area contributed by atoms with Crippen molar-refractivity contribution in [2.24, 2.45) is 0 Å². The molecule has 1 aliphatic heterocycles. The van der Waals surface area contributed by atoms with Gasteiger partial charge < -0.3 is 19.1 Å². The fourth-order valence-electron chi connectivity index (χ4n) is 3.42. The van der Waals surface area contributed by atoms with Crippen LogP contribution in [0.15, 0.2) is 54.6 Å². The van der Waals surface area contributed by atoms with E-state index in [4.69, 9.17) is 14.2 Å². The van der Waals surface area contributed by atoms with Crippen LogP contribution in [0.25, 0.3) is 0 Å². The highest BCUT2D eigenvalue weighted by Gasteiger charge is 2.23. The average molecular weight is 383 g/mol. The summed E-state index contributed by atoms with van der Waals surface area (Å²) in [7, 11) is 1.66. The number of hydrogen-bond donors (Lipinski definition) is 0. The van der Waals surface area contributed by atoms with Crippen LogP contribution < -0.4 is 9.47 Å². The van der Waals surface area contributed by atoms with Crippen LogP contribution in [0, 0.1) is 0 Å². The van der Waals surface area contributed by atoms with Gasteiger partial charge in [-0.3, -0.25) is 4.79 Å². The van der Waals surface area contributed by atoms with Crippen LogP contribution in [0.3, 0.4) is 0 Å². The lowest BCUT2D eigenvalue weighted by Gasteiger charge is -2.26. The molecule has 1 fully saturated rings. The molecule has 1 saturated heterocycles. The van der Waals surface area contributed by atoms with Crippen molar-refractivity contribution in [2.45, 2.75) is 38.3 Å². The fraction of sp³-hybridized carbons (Fsp3) is 0.435. The Kier molecular flexibility index (Phi) is 7.73. The molecule has 0 spiro atoms. The predicted molar refractivity (Wildman–Crippen MR) is 109 cm³/mol. The fourth-order valence-corrected chi connectivity index (χ4v) is 3.42. The molecule has 0 aromatic heterocycles. The summed E-state index contributed by atoms with van der Waals surface area (Å²) in [5, 5.41) is 0. The second kappa shape index (κ2) is 10.7. The van der Waals surface area contributed by atoms with Crippen molar-refractivity contribution >= 4 is 5.91 Å². The third kappa shape index (κ3) is 5.99. The molecule has 28 heavy (non-hydrogen) atoms. The molecule has 1 unspecified atom stereocenters. The Morgan fingerprint density at radius 3 is 2.68 bits per heavy atom. The zero-order valence-corrected chi connectivity index (χ0v) is 16.5. The van der Waals surface area contributed by atoms with Crippen molar-refractivity contribution in [3.63, 3.8) is 0 Å². The van der Waals surface area contributed by atoms with Gasteiger partial charge in [0.25, 0.3) is 0 Å². The lowest BCUT2D eigenvalue weighted by Crippen LogP contribution is -2.37. The molecular formula is C23H29NO4. The largest absolute Gasteiger partial charge is 0.496 e. The number of methoxy groups -OCH3 is 1. The van der Waals surface area contributed by atoms with Gasteiger partial charge in [-0.15, -0.1) is 0 Å². The summed E-state index contributed by atoms with van der Waals surface area (Å²) in [6, 6.07) is 17.5. The molecule has 0 N–H and O–H groups in total. The van der Waals surface area contributed by atoms with Crippen LogP contribution in [-0.4, -0.2) is 43.8 Å². The Labute approximate surface area is 167 Å². The molecule has 0 bridgehead atoms. The number of ether oxygens (including phenoxy) is 3. The quantitative estimate of drug-likeness (QED) is 0.581. The van der Waals surface area contributed by atoms with E-state index in [1.165, 1.54) is 0 Å². The molecule has 5 nitrogen and oxygen atoms in total. The third-order valence-electron chi connectivity index (χ3n) is 4.90. The maximum absolute atomic E-state index is 12.9. The topological polar surface area (TPSA) is 48.0 Å². The van der Waals surface area contributed by atoms with Gasteiger partial charge in [-0.1, -0.05) is 36.4 Å². The lowest BCUT2D eigenvalue weighted by molar-refractivity contribution is -0.133. The smallest absolute Gasteiger partial charge is 0.223 e. The molecule has 0 radical (unpaired) electrons. The van der Waals surface area contributed by atoms with Crippen LogP contribution in [-0.2, 0) is 16.1 Å². The standard InChI is InChI=1S/C23H29NO4/c1-26-22-13-6-5-9-19(22)17-24(18-21-12-7-15-28-21)23(25)14-8-16-27-20-10-3-2-4-11-20/h2-6,9-11,13,21H,7-8,12,14-18H2,1H3. The highest BCUT2D eigenvalue weighted by atomic mass is 16.5. The van der Waals surface area contributed by atoms with Crippen LogP contribution in [0.5, 0.6) is 11.5 Å². The van der Waals surface area contributed by atoms with Crippen molar-refractivity contribution in [3.8, 4) is 11.5 Å². The molecule has 3 rings (SSSR count). The van der Waals surface area contributed by atoms with Gasteiger partial charge >= 0.3 is 0 Å². The third-order valence-corrected chi connectivity index (χ3v) is 4.90. The molecule has 0 aliphatic carbocycles. The van der Waals surface area contributed by atoms with Crippen LogP contribution >= 0.6 is 0 Å². The molecule has 2 aromatic carbocycles. The summed E-state index contributed by atoms with van der Waals surface area (Å²) in [5.74, 6) is 1.76. The number of hydrogen-bond acceptors (Lipinski definition) is 4. The Morgan fingerprint density at radius 2 is 1.93 bits per heavy atom. The zero-order chi connectivity index (χ0) is 19.6. The molecule has 150 valence electrons. The van der Waals surface area contributed by atoms with Gasteiger partial charge in [-0.05, 0) is 37.5 Å². The van der Waals surface area contributed by atoms with Crippen molar-refractivity contribution < 1.29 is 19.0 Å². The molecule has 0 saturated carbocycles. The van der Waals surface area contributed by atoms with E-state index < -0.39 is 0 Å². The monoisotopic (exact) mass is 383 g/mol. The van der Waals surface area contributed by atoms with Gasteiger partial charge in [0.2, 0.25) is 5.91 Å². The van der Waals surface area contributed by atoms with Gasteiger partial charge in [-0.25, -0.2) is 0 Å². The van der Waals surface area contributed by atoms with E-state index in [0.29, 0.717) is 32.5 Å². The van der Waals surface area contributed by atoms with Crippen LogP contribution in [0.4, 0.5) is 0 Å². The minimum Gasteiger partial charge on any atom is -0.496 e. The molecule has 2 aromatic rings. The Morgan fingerprint density at radius 1 is 1.14 bits per heavy atom. The van der Waals surface area contributed by atoms with Crippen LogP contribution in [0.1, 0.15) is 31.2 Å². The summed E-state index contributed by atoms with van der Waals surface area (Å²) in [6.45, 7) is 2.46. The maximum Gasteiger partial charge on any atom is 0.223 e. The van der Waals surface area contributed by atoms with E-state index in [-0.39, 0.29) is 12.0 Å². The summed E-state index contributed by atoms with van der Waals surface area (Å²) >= 11 is 0. The average Bonchev–Trinajstić information content (AvgIpc) is 3.25. The van der Waals surface area contributed by atoms with Crippen molar-refractivity contribution in [2.75, 3.05) is 26.9 Å². The Hall–Kier alpha value is -2.53. The minimum atomic E-state index is 0.123. The first kappa shape index (κ1) is 20.2. The van der Waals surface area contributed by atoms with Crippen molar-refractivity contribution in [1.82, 2.24) is 4.90 Å². The van der Waals surface area contributed by atoms with Gasteiger partial charge in [0.15, 0.2) is 0 Å². The second-order valence-electron chi connectivity index (χ2n) is 6.99. The van der Waals surface area contributed by atoms with Crippen LogP contribution in [0.2, 0.25) is 0 Å². The van der Waals surface area contributed by atoms with Crippen molar-refractivity contribution in [1.29, 1.82) is 0 Å². The first-order chi connectivity index (χ1) is 13.8. The number of nitrogens with zero attached hydrogens (tertiary/aromatic N) is 1. The normalized spacial score (nSPS) is 16.0. The van der Waals surface area contributed by atoms with E-state index in [1.54, 1.807) is 7.11 Å². The van der Waals surface area contributed by atoms with E-state index in [1.807, 2.05) is 59.5 Å². The first-order valence-corrected chi connectivity index (χ1v) is 9.95. The Bertz CT molecular complexity index is 728. The number of para-hydroxylation sites is 2. The predicted octanol–water partition coefficient (Wildman–Crippen LogP) is 4.06. The summed E-state index contributed by atoms with van der Waals surface area (Å²) in [4.78, 5) is 14.8. The minimum absolute atomic E-state index is 0.123. The van der Waals surface area contributed by atoms with Gasteiger partial charge in [0.1, 0.15) is 11.5 Å². The highest BCUT2D eigenvalue weighted by Crippen LogP contribution is 2.22. The number of benzene rings is 2. The molecule has 1 heterocycles. The molecular weight excluding hydrogens is 354 g/mol. The number of carbonyl (C=O) groups is 1. The van der Waals surface area contributed by atoms with E-state index in [0.717, 1.165) is 36.5 Å². The van der Waals surface area contributed by atoms with E-state index in [2.05, 4.69) is 0 Å².